The van der Waals surface area contributed by atoms with Crippen LogP contribution in [0.15, 0.2) is 33.7 Å². The van der Waals surface area contributed by atoms with Gasteiger partial charge in [-0.05, 0) is 70.2 Å². The van der Waals surface area contributed by atoms with Crippen LogP contribution in [0.1, 0.15) is 57.6 Å². The number of benzene rings is 1. The Kier molecular flexibility index (Phi) is 8.58. The first-order valence-electron chi connectivity index (χ1n) is 13.0. The third-order valence-electron chi connectivity index (χ3n) is 6.69. The Balaban J connectivity index is 1.54. The van der Waals surface area contributed by atoms with E-state index in [1.54, 1.807) is 11.0 Å². The number of nitrogens with one attached hydrogen (secondary N) is 2. The molecule has 10 nitrogen and oxygen atoms in total. The van der Waals surface area contributed by atoms with Crippen LogP contribution in [0, 0.1) is 6.92 Å². The molecule has 1 aromatic carbocycles. The summed E-state index contributed by atoms with van der Waals surface area (Å²) >= 11 is 0. The number of amides is 3. The number of nitrogens with zero attached hydrogens (tertiary/aromatic N) is 3. The molecule has 1 aromatic heterocycles. The Hall–Kier alpha value is -3.69. The number of rotatable bonds is 7. The number of hydrogen-bond donors (Lipinski definition) is 2. The first-order chi connectivity index (χ1) is 17.8. The van der Waals surface area contributed by atoms with E-state index in [0.29, 0.717) is 18.7 Å². The minimum Gasteiger partial charge on any atom is -0.461 e. The van der Waals surface area contributed by atoms with Gasteiger partial charge in [0.25, 0.3) is 0 Å². The number of guanidine groups is 1. The second-order valence-corrected chi connectivity index (χ2v) is 9.82. The molecule has 2 fully saturated rings. The van der Waals surface area contributed by atoms with Crippen LogP contribution in [-0.2, 0) is 19.2 Å². The van der Waals surface area contributed by atoms with Crippen molar-refractivity contribution in [2.45, 2.75) is 64.8 Å². The molecule has 3 heterocycles. The van der Waals surface area contributed by atoms with Gasteiger partial charge in [-0.25, -0.2) is 4.99 Å². The normalized spacial score (nSPS) is 18.7. The number of anilines is 1. The molecule has 0 saturated carbocycles. The molecule has 2 aliphatic rings. The number of ketones is 1. The Morgan fingerprint density at radius 2 is 1.81 bits per heavy atom. The van der Waals surface area contributed by atoms with Gasteiger partial charge >= 0.3 is 0 Å². The minimum absolute atomic E-state index is 0.0189. The van der Waals surface area contributed by atoms with Crippen molar-refractivity contribution in [1.29, 1.82) is 0 Å². The predicted octanol–water partition coefficient (Wildman–Crippen LogP) is 3.00. The van der Waals surface area contributed by atoms with Gasteiger partial charge in [0.05, 0.1) is 6.54 Å². The largest absolute Gasteiger partial charge is 0.461 e. The average molecular weight is 510 g/mol. The van der Waals surface area contributed by atoms with Gasteiger partial charge in [-0.2, -0.15) is 0 Å². The summed E-state index contributed by atoms with van der Waals surface area (Å²) in [6.45, 7) is 5.34. The summed E-state index contributed by atoms with van der Waals surface area (Å²) in [7, 11) is 0. The lowest BCUT2D eigenvalue weighted by molar-refractivity contribution is -0.140. The van der Waals surface area contributed by atoms with E-state index in [9.17, 15) is 19.2 Å². The maximum atomic E-state index is 13.4. The zero-order valence-electron chi connectivity index (χ0n) is 21.5. The molecule has 2 aliphatic heterocycles. The van der Waals surface area contributed by atoms with Crippen molar-refractivity contribution in [3.8, 4) is 0 Å². The van der Waals surface area contributed by atoms with Gasteiger partial charge in [0.2, 0.25) is 23.7 Å². The molecule has 198 valence electrons. The van der Waals surface area contributed by atoms with Crippen molar-refractivity contribution in [2.75, 3.05) is 31.5 Å². The Morgan fingerprint density at radius 3 is 2.57 bits per heavy atom. The lowest BCUT2D eigenvalue weighted by atomic mass is 10.1. The molecule has 0 spiro atoms. The lowest BCUT2D eigenvalue weighted by Gasteiger charge is -2.25. The van der Waals surface area contributed by atoms with E-state index in [1.807, 2.05) is 30.0 Å². The Morgan fingerprint density at radius 1 is 1.05 bits per heavy atom. The molecule has 1 unspecified atom stereocenters. The number of hydrogen-bond acceptors (Lipinski definition) is 6. The van der Waals surface area contributed by atoms with Crippen molar-refractivity contribution < 1.29 is 23.6 Å². The molecular weight excluding hydrogens is 474 g/mol. The summed E-state index contributed by atoms with van der Waals surface area (Å²) in [5.41, 5.74) is 1.41. The van der Waals surface area contributed by atoms with E-state index >= 15 is 0 Å². The summed E-state index contributed by atoms with van der Waals surface area (Å²) in [4.78, 5) is 58.1. The molecule has 0 aliphatic carbocycles. The quantitative estimate of drug-likeness (QED) is 0.437. The molecule has 0 bridgehead atoms. The van der Waals surface area contributed by atoms with Crippen LogP contribution in [-0.4, -0.2) is 71.5 Å². The number of carbonyl (C=O) groups excluding carboxylic acids is 4. The lowest BCUT2D eigenvalue weighted by Crippen LogP contribution is -2.45. The van der Waals surface area contributed by atoms with Crippen LogP contribution in [0.4, 0.5) is 5.69 Å². The first kappa shape index (κ1) is 26.4. The van der Waals surface area contributed by atoms with Crippen LogP contribution < -0.4 is 10.6 Å². The highest BCUT2D eigenvalue weighted by Crippen LogP contribution is 2.23. The third kappa shape index (κ3) is 7.18. The van der Waals surface area contributed by atoms with E-state index in [2.05, 4.69) is 15.6 Å². The SMILES string of the molecule is CC(=O)CCC(=O)NC(=NC1CCCCN(CC(=O)N2CCCC2)C1=O)Nc1ccc2oc(C)cc2c1. The number of Topliss-reactive ketones (excluding diaryl/α,β-unsaturated/α-hetero) is 1. The summed E-state index contributed by atoms with van der Waals surface area (Å²) < 4.78 is 5.64. The van der Waals surface area contributed by atoms with Crippen LogP contribution >= 0.6 is 0 Å². The number of likely N-dealkylation sites (tertiary alicyclic amines) is 2. The fourth-order valence-electron chi connectivity index (χ4n) is 4.72. The number of aryl methyl sites for hydroxylation is 1. The zero-order valence-corrected chi connectivity index (χ0v) is 21.5. The maximum Gasteiger partial charge on any atom is 0.247 e. The standard InChI is InChI=1S/C27H35N5O5/c1-18(33)8-11-24(34)30-27(28-21-9-10-23-20(16-21)15-19(2)37-23)29-22-7-3-4-14-32(26(22)36)17-25(35)31-12-5-6-13-31/h9-10,15-16,22H,3-8,11-14,17H2,1-2H3,(H2,28,29,30,34). The second-order valence-electron chi connectivity index (χ2n) is 9.82. The van der Waals surface area contributed by atoms with Gasteiger partial charge in [-0.15, -0.1) is 0 Å². The summed E-state index contributed by atoms with van der Waals surface area (Å²) in [5.74, 6) is 0.215. The third-order valence-corrected chi connectivity index (χ3v) is 6.69. The van der Waals surface area contributed by atoms with Gasteiger partial charge in [-0.1, -0.05) is 0 Å². The van der Waals surface area contributed by atoms with Crippen LogP contribution in [0.5, 0.6) is 0 Å². The van der Waals surface area contributed by atoms with Crippen molar-refractivity contribution >= 4 is 46.1 Å². The molecule has 1 atom stereocenters. The monoisotopic (exact) mass is 509 g/mol. The smallest absolute Gasteiger partial charge is 0.247 e. The fourth-order valence-corrected chi connectivity index (χ4v) is 4.72. The van der Waals surface area contributed by atoms with E-state index in [4.69, 9.17) is 4.42 Å². The van der Waals surface area contributed by atoms with Crippen molar-refractivity contribution in [3.63, 3.8) is 0 Å². The number of carbonyl (C=O) groups is 4. The molecule has 10 heteroatoms. The van der Waals surface area contributed by atoms with E-state index in [-0.39, 0.29) is 48.9 Å². The average Bonchev–Trinajstić information content (AvgIpc) is 3.48. The van der Waals surface area contributed by atoms with E-state index < -0.39 is 6.04 Å². The van der Waals surface area contributed by atoms with Crippen molar-refractivity contribution in [2.24, 2.45) is 4.99 Å². The summed E-state index contributed by atoms with van der Waals surface area (Å²) in [5, 5.41) is 6.76. The molecule has 2 aromatic rings. The second kappa shape index (κ2) is 12.0. The van der Waals surface area contributed by atoms with Crippen molar-refractivity contribution in [1.82, 2.24) is 15.1 Å². The topological polar surface area (TPSA) is 124 Å². The molecule has 3 amide bonds. The minimum atomic E-state index is -0.732. The van der Waals surface area contributed by atoms with E-state index in [0.717, 1.165) is 55.5 Å². The molecule has 37 heavy (non-hydrogen) atoms. The molecule has 2 N–H and O–H groups in total. The van der Waals surface area contributed by atoms with Gasteiger partial charge in [-0.3, -0.25) is 19.7 Å². The highest BCUT2D eigenvalue weighted by Gasteiger charge is 2.30. The Labute approximate surface area is 216 Å². The van der Waals surface area contributed by atoms with Gasteiger partial charge in [0.15, 0.2) is 0 Å². The zero-order chi connectivity index (χ0) is 26.4. The number of fused-ring (bicyclic) bond motifs is 1. The highest BCUT2D eigenvalue weighted by molar-refractivity contribution is 6.06. The molecule has 0 radical (unpaired) electrons. The van der Waals surface area contributed by atoms with Crippen LogP contribution in [0.25, 0.3) is 11.0 Å². The van der Waals surface area contributed by atoms with E-state index in [1.165, 1.54) is 6.92 Å². The highest BCUT2D eigenvalue weighted by atomic mass is 16.3. The predicted molar refractivity (Wildman–Crippen MR) is 140 cm³/mol. The number of furan rings is 1. The van der Waals surface area contributed by atoms with Gasteiger partial charge in [0.1, 0.15) is 23.2 Å². The summed E-state index contributed by atoms with van der Waals surface area (Å²) in [6.07, 6.45) is 4.21. The number of aliphatic imine (C=N–C) groups is 1. The van der Waals surface area contributed by atoms with Crippen molar-refractivity contribution in [3.05, 3.63) is 30.0 Å². The molecule has 4 rings (SSSR count). The van der Waals surface area contributed by atoms with Crippen LogP contribution in [0.2, 0.25) is 0 Å². The van der Waals surface area contributed by atoms with Crippen LogP contribution in [0.3, 0.4) is 0 Å². The first-order valence-corrected chi connectivity index (χ1v) is 13.0. The summed E-state index contributed by atoms with van der Waals surface area (Å²) in [6, 6.07) is 6.68. The molecular formula is C27H35N5O5. The van der Waals surface area contributed by atoms with Gasteiger partial charge in [0, 0.05) is 43.5 Å². The van der Waals surface area contributed by atoms with Gasteiger partial charge < -0.3 is 24.3 Å². The Bertz CT molecular complexity index is 1200. The molecule has 2 saturated heterocycles. The maximum absolute atomic E-state index is 13.4. The fraction of sp³-hybridized carbons (Fsp3) is 0.519.